The third-order valence-corrected chi connectivity index (χ3v) is 3.01. The van der Waals surface area contributed by atoms with E-state index in [4.69, 9.17) is 9.26 Å². The first-order valence-electron chi connectivity index (χ1n) is 5.42. The highest BCUT2D eigenvalue weighted by molar-refractivity contribution is 9.10. The van der Waals surface area contributed by atoms with Crippen molar-refractivity contribution < 1.29 is 14.1 Å². The maximum absolute atomic E-state index is 10.8. The van der Waals surface area contributed by atoms with Crippen molar-refractivity contribution in [3.8, 4) is 5.75 Å². The zero-order chi connectivity index (χ0) is 13.0. The molecule has 0 saturated carbocycles. The molecule has 0 aliphatic rings. The first-order valence-corrected chi connectivity index (χ1v) is 6.21. The number of aldehydes is 1. The van der Waals surface area contributed by atoms with Crippen LogP contribution in [0.4, 0.5) is 0 Å². The van der Waals surface area contributed by atoms with Gasteiger partial charge in [0.05, 0.1) is 0 Å². The van der Waals surface area contributed by atoms with Crippen LogP contribution in [-0.4, -0.2) is 16.4 Å². The van der Waals surface area contributed by atoms with Gasteiger partial charge in [-0.25, -0.2) is 0 Å². The highest BCUT2D eigenvalue weighted by atomic mass is 79.9. The summed E-state index contributed by atoms with van der Waals surface area (Å²) in [6, 6.07) is 5.16. The normalized spacial score (nSPS) is 10.3. The van der Waals surface area contributed by atoms with Crippen LogP contribution in [0.25, 0.3) is 0 Å². The van der Waals surface area contributed by atoms with Gasteiger partial charge >= 0.3 is 0 Å². The van der Waals surface area contributed by atoms with Crippen LogP contribution in [0.3, 0.4) is 0 Å². The summed E-state index contributed by atoms with van der Waals surface area (Å²) in [5.74, 6) is 1.65. The Labute approximate surface area is 112 Å². The summed E-state index contributed by atoms with van der Waals surface area (Å²) in [6.45, 7) is 2.13. The van der Waals surface area contributed by atoms with Gasteiger partial charge in [-0.15, -0.1) is 0 Å². The first kappa shape index (κ1) is 12.8. The Hall–Kier alpha value is -1.69. The summed E-state index contributed by atoms with van der Waals surface area (Å²) in [6.07, 6.45) is 1.48. The van der Waals surface area contributed by atoms with Crippen molar-refractivity contribution in [3.63, 3.8) is 0 Å². The molecule has 1 aromatic heterocycles. The molecule has 0 N–H and O–H groups in total. The smallest absolute Gasteiger partial charge is 0.264 e. The molecule has 0 bridgehead atoms. The molecule has 0 fully saturated rings. The largest absolute Gasteiger partial charge is 0.484 e. The van der Waals surface area contributed by atoms with Crippen LogP contribution in [0.15, 0.2) is 27.2 Å². The molecular formula is C12H11BrN2O3. The molecular weight excluding hydrogens is 300 g/mol. The number of benzene rings is 1. The molecule has 0 atom stereocenters. The number of aryl methyl sites for hydroxylation is 1. The van der Waals surface area contributed by atoms with E-state index in [0.717, 1.165) is 17.2 Å². The Balaban J connectivity index is 2.03. The molecule has 0 amide bonds. The van der Waals surface area contributed by atoms with Gasteiger partial charge in [0.1, 0.15) is 5.75 Å². The van der Waals surface area contributed by atoms with Crippen LogP contribution in [-0.2, 0) is 13.0 Å². The van der Waals surface area contributed by atoms with Crippen molar-refractivity contribution in [2.45, 2.75) is 20.0 Å². The number of halogens is 1. The van der Waals surface area contributed by atoms with Crippen LogP contribution in [0.2, 0.25) is 0 Å². The van der Waals surface area contributed by atoms with Crippen molar-refractivity contribution >= 4 is 22.2 Å². The average molecular weight is 311 g/mol. The van der Waals surface area contributed by atoms with E-state index >= 15 is 0 Å². The molecule has 0 unspecified atom stereocenters. The minimum atomic E-state index is 0.187. The highest BCUT2D eigenvalue weighted by Gasteiger charge is 2.06. The zero-order valence-corrected chi connectivity index (χ0v) is 11.3. The van der Waals surface area contributed by atoms with Crippen molar-refractivity contribution in [2.75, 3.05) is 0 Å². The molecule has 0 aliphatic heterocycles. The number of aromatic nitrogens is 2. The Morgan fingerprint density at radius 1 is 1.50 bits per heavy atom. The predicted molar refractivity (Wildman–Crippen MR) is 67.5 cm³/mol. The third kappa shape index (κ3) is 2.95. The lowest BCUT2D eigenvalue weighted by molar-refractivity contribution is 0.112. The molecule has 5 nitrogen and oxygen atoms in total. The van der Waals surface area contributed by atoms with Gasteiger partial charge in [-0.1, -0.05) is 28.0 Å². The van der Waals surface area contributed by atoms with E-state index in [2.05, 4.69) is 26.1 Å². The summed E-state index contributed by atoms with van der Waals surface area (Å²) < 4.78 is 11.2. The summed E-state index contributed by atoms with van der Waals surface area (Å²) in [7, 11) is 0. The number of rotatable bonds is 5. The Morgan fingerprint density at radius 3 is 3.00 bits per heavy atom. The zero-order valence-electron chi connectivity index (χ0n) is 9.72. The van der Waals surface area contributed by atoms with Gasteiger partial charge in [0.25, 0.3) is 5.89 Å². The molecule has 1 heterocycles. The SMILES string of the molecule is CCc1noc(COc2ccc(Br)c(C=O)c2)n1. The van der Waals surface area contributed by atoms with E-state index in [0.29, 0.717) is 23.0 Å². The minimum Gasteiger partial charge on any atom is -0.484 e. The minimum absolute atomic E-state index is 0.187. The van der Waals surface area contributed by atoms with Gasteiger partial charge in [0, 0.05) is 16.5 Å². The molecule has 0 saturated heterocycles. The lowest BCUT2D eigenvalue weighted by atomic mass is 10.2. The van der Waals surface area contributed by atoms with Gasteiger partial charge in [-0.3, -0.25) is 4.79 Å². The first-order chi connectivity index (χ1) is 8.72. The predicted octanol–water partition coefficient (Wildman–Crippen LogP) is 2.79. The molecule has 0 aliphatic carbocycles. The number of ether oxygens (including phenoxy) is 1. The van der Waals surface area contributed by atoms with E-state index in [-0.39, 0.29) is 6.61 Å². The van der Waals surface area contributed by atoms with Gasteiger partial charge in [0.15, 0.2) is 18.7 Å². The van der Waals surface area contributed by atoms with Gasteiger partial charge in [-0.2, -0.15) is 4.98 Å². The Morgan fingerprint density at radius 2 is 2.33 bits per heavy atom. The fraction of sp³-hybridized carbons (Fsp3) is 0.250. The average Bonchev–Trinajstić information content (AvgIpc) is 2.86. The fourth-order valence-corrected chi connectivity index (χ4v) is 1.68. The number of carbonyl (C=O) groups is 1. The molecule has 1 aromatic carbocycles. The van der Waals surface area contributed by atoms with Crippen molar-refractivity contribution in [1.29, 1.82) is 0 Å². The summed E-state index contributed by atoms with van der Waals surface area (Å²) in [5, 5.41) is 3.77. The van der Waals surface area contributed by atoms with E-state index in [1.54, 1.807) is 18.2 Å². The molecule has 2 rings (SSSR count). The topological polar surface area (TPSA) is 65.2 Å². The monoisotopic (exact) mass is 310 g/mol. The van der Waals surface area contributed by atoms with Crippen LogP contribution in [0.1, 0.15) is 29.0 Å². The van der Waals surface area contributed by atoms with Crippen molar-refractivity contribution in [1.82, 2.24) is 10.1 Å². The van der Waals surface area contributed by atoms with Crippen LogP contribution in [0.5, 0.6) is 5.75 Å². The second kappa shape index (κ2) is 5.77. The summed E-state index contributed by atoms with van der Waals surface area (Å²) in [4.78, 5) is 14.9. The second-order valence-electron chi connectivity index (χ2n) is 3.55. The number of hydrogen-bond donors (Lipinski definition) is 0. The number of carbonyl (C=O) groups excluding carboxylic acids is 1. The van der Waals surface area contributed by atoms with Gasteiger partial charge in [-0.05, 0) is 18.2 Å². The van der Waals surface area contributed by atoms with E-state index in [9.17, 15) is 4.79 Å². The van der Waals surface area contributed by atoms with E-state index in [1.165, 1.54) is 0 Å². The van der Waals surface area contributed by atoms with Crippen LogP contribution < -0.4 is 4.74 Å². The quantitative estimate of drug-likeness (QED) is 0.794. The van der Waals surface area contributed by atoms with Gasteiger partial charge in [0.2, 0.25) is 0 Å². The standard InChI is InChI=1S/C12H11BrN2O3/c1-2-11-14-12(18-15-11)7-17-9-3-4-10(13)8(5-9)6-16/h3-6H,2,7H2,1H3. The van der Waals surface area contributed by atoms with Gasteiger partial charge < -0.3 is 9.26 Å². The van der Waals surface area contributed by atoms with E-state index in [1.807, 2.05) is 6.92 Å². The second-order valence-corrected chi connectivity index (χ2v) is 4.40. The van der Waals surface area contributed by atoms with Crippen molar-refractivity contribution in [3.05, 3.63) is 40.0 Å². The number of nitrogens with zero attached hydrogens (tertiary/aromatic N) is 2. The number of hydrogen-bond acceptors (Lipinski definition) is 5. The molecule has 0 radical (unpaired) electrons. The van der Waals surface area contributed by atoms with E-state index < -0.39 is 0 Å². The Bertz CT molecular complexity index is 554. The molecule has 0 spiro atoms. The summed E-state index contributed by atoms with van der Waals surface area (Å²) in [5.41, 5.74) is 0.535. The Kier molecular flexibility index (Phi) is 4.09. The molecule has 18 heavy (non-hydrogen) atoms. The molecule has 2 aromatic rings. The van der Waals surface area contributed by atoms with Crippen LogP contribution in [0, 0.1) is 0 Å². The maximum Gasteiger partial charge on any atom is 0.264 e. The van der Waals surface area contributed by atoms with Crippen molar-refractivity contribution in [2.24, 2.45) is 0 Å². The van der Waals surface area contributed by atoms with Crippen LogP contribution >= 0.6 is 15.9 Å². The fourth-order valence-electron chi connectivity index (χ4n) is 1.34. The highest BCUT2D eigenvalue weighted by Crippen LogP contribution is 2.21. The lowest BCUT2D eigenvalue weighted by Gasteiger charge is -2.04. The maximum atomic E-state index is 10.8. The molecule has 94 valence electrons. The lowest BCUT2D eigenvalue weighted by Crippen LogP contribution is -1.97. The molecule has 6 heteroatoms. The summed E-state index contributed by atoms with van der Waals surface area (Å²) >= 11 is 3.27. The third-order valence-electron chi connectivity index (χ3n) is 2.28.